The van der Waals surface area contributed by atoms with Crippen molar-refractivity contribution >= 4 is 35.1 Å². The van der Waals surface area contributed by atoms with Crippen LogP contribution in [-0.4, -0.2) is 17.4 Å². The van der Waals surface area contributed by atoms with Gasteiger partial charge in [0.1, 0.15) is 0 Å². The summed E-state index contributed by atoms with van der Waals surface area (Å²) in [7, 11) is 0. The molecule has 3 rings (SSSR count). The number of carbonyl (C=O) groups is 1. The Bertz CT molecular complexity index is 617. The molecule has 0 saturated carbocycles. The highest BCUT2D eigenvalue weighted by atomic mass is 32.2. The van der Waals surface area contributed by atoms with Gasteiger partial charge in [-0.25, -0.2) is 0 Å². The van der Waals surface area contributed by atoms with E-state index >= 15 is 0 Å². The zero-order valence-electron chi connectivity index (χ0n) is 11.1. The molecule has 1 aliphatic heterocycles. The van der Waals surface area contributed by atoms with E-state index in [2.05, 4.69) is 17.4 Å². The van der Waals surface area contributed by atoms with Crippen molar-refractivity contribution in [3.8, 4) is 0 Å². The summed E-state index contributed by atoms with van der Waals surface area (Å²) in [4.78, 5) is 14.7. The molecule has 0 fully saturated rings. The number of benzene rings is 2. The minimum atomic E-state index is -0.0228. The molecule has 0 bridgehead atoms. The summed E-state index contributed by atoms with van der Waals surface area (Å²) in [6, 6.07) is 16.2. The van der Waals surface area contributed by atoms with Gasteiger partial charge in [-0.1, -0.05) is 24.3 Å². The molecule has 0 aromatic heterocycles. The van der Waals surface area contributed by atoms with Crippen LogP contribution in [0, 0.1) is 0 Å². The van der Waals surface area contributed by atoms with Crippen molar-refractivity contribution in [3.63, 3.8) is 0 Å². The average Bonchev–Trinajstić information content (AvgIpc) is 2.91. The predicted molar refractivity (Wildman–Crippen MR) is 86.6 cm³/mol. The van der Waals surface area contributed by atoms with Crippen LogP contribution in [0.1, 0.15) is 5.56 Å². The summed E-state index contributed by atoms with van der Waals surface area (Å²) < 4.78 is 0. The Morgan fingerprint density at radius 1 is 1.25 bits per heavy atom. The van der Waals surface area contributed by atoms with Crippen molar-refractivity contribution < 1.29 is 4.79 Å². The number of anilines is 1. The summed E-state index contributed by atoms with van der Waals surface area (Å²) in [6.07, 6.45) is 2.85. The Labute approximate surface area is 127 Å². The maximum atomic E-state index is 12.3. The molecule has 4 heteroatoms. The van der Waals surface area contributed by atoms with E-state index in [-0.39, 0.29) is 11.2 Å². The summed E-state index contributed by atoms with van der Waals surface area (Å²) in [6.45, 7) is 0. The number of rotatable bonds is 3. The third-order valence-corrected chi connectivity index (χ3v) is 5.32. The number of carbonyl (C=O) groups excluding carboxylic acids is 1. The zero-order chi connectivity index (χ0) is 13.9. The van der Waals surface area contributed by atoms with Gasteiger partial charge in [0.05, 0.1) is 5.25 Å². The van der Waals surface area contributed by atoms with Gasteiger partial charge in [0, 0.05) is 15.5 Å². The molecule has 1 aliphatic rings. The zero-order valence-corrected chi connectivity index (χ0v) is 12.8. The quantitative estimate of drug-likeness (QED) is 0.867. The van der Waals surface area contributed by atoms with E-state index in [9.17, 15) is 4.79 Å². The normalized spacial score (nSPS) is 16.8. The summed E-state index contributed by atoms with van der Waals surface area (Å²) in [5.74, 6) is 0.0875. The molecule has 1 unspecified atom stereocenters. The minimum Gasteiger partial charge on any atom is -0.325 e. The molecule has 0 aliphatic carbocycles. The molecule has 20 heavy (non-hydrogen) atoms. The molecule has 1 heterocycles. The first-order chi connectivity index (χ1) is 9.76. The number of nitrogens with one attached hydrogen (secondary N) is 1. The molecule has 1 N–H and O–H groups in total. The van der Waals surface area contributed by atoms with E-state index in [1.165, 1.54) is 10.5 Å². The van der Waals surface area contributed by atoms with E-state index in [1.54, 1.807) is 23.5 Å². The van der Waals surface area contributed by atoms with Gasteiger partial charge in [-0.3, -0.25) is 4.79 Å². The lowest BCUT2D eigenvalue weighted by Gasteiger charge is -2.10. The molecule has 2 aromatic carbocycles. The summed E-state index contributed by atoms with van der Waals surface area (Å²) in [5.41, 5.74) is 2.15. The highest BCUT2D eigenvalue weighted by Crippen LogP contribution is 2.37. The van der Waals surface area contributed by atoms with Gasteiger partial charge >= 0.3 is 0 Å². The molecule has 0 spiro atoms. The fourth-order valence-corrected chi connectivity index (χ4v) is 3.91. The first kappa shape index (κ1) is 13.6. The molecule has 2 aromatic rings. The number of amides is 1. The van der Waals surface area contributed by atoms with Crippen LogP contribution in [0.2, 0.25) is 0 Å². The summed E-state index contributed by atoms with van der Waals surface area (Å²) >= 11 is 3.33. The Morgan fingerprint density at radius 3 is 2.90 bits per heavy atom. The highest BCUT2D eigenvalue weighted by Gasteiger charge is 2.27. The van der Waals surface area contributed by atoms with Gasteiger partial charge in [-0.05, 0) is 42.5 Å². The van der Waals surface area contributed by atoms with Crippen molar-refractivity contribution in [2.45, 2.75) is 21.5 Å². The van der Waals surface area contributed by atoms with Gasteiger partial charge < -0.3 is 5.32 Å². The molecule has 1 amide bonds. The lowest BCUT2D eigenvalue weighted by molar-refractivity contribution is -0.115. The van der Waals surface area contributed by atoms with Crippen LogP contribution in [0.3, 0.4) is 0 Å². The number of thioether (sulfide) groups is 2. The van der Waals surface area contributed by atoms with E-state index in [0.29, 0.717) is 0 Å². The first-order valence-corrected chi connectivity index (χ1v) is 8.56. The molecular weight excluding hydrogens is 286 g/mol. The van der Waals surface area contributed by atoms with Gasteiger partial charge in [0.2, 0.25) is 5.91 Å². The third-order valence-electron chi connectivity index (χ3n) is 3.28. The Hall–Kier alpha value is -1.39. The maximum Gasteiger partial charge on any atom is 0.238 e. The molecule has 2 nitrogen and oxygen atoms in total. The van der Waals surface area contributed by atoms with Crippen LogP contribution in [0.15, 0.2) is 58.3 Å². The average molecular weight is 301 g/mol. The second-order valence-corrected chi connectivity index (χ2v) is 6.76. The molecule has 0 radical (unpaired) electrons. The summed E-state index contributed by atoms with van der Waals surface area (Å²) in [5, 5.41) is 3.00. The van der Waals surface area contributed by atoms with Crippen molar-refractivity contribution in [3.05, 3.63) is 54.1 Å². The lowest BCUT2D eigenvalue weighted by Crippen LogP contribution is -2.24. The third kappa shape index (κ3) is 2.86. The van der Waals surface area contributed by atoms with Crippen LogP contribution in [-0.2, 0) is 11.2 Å². The number of hydrogen-bond acceptors (Lipinski definition) is 3. The number of fused-ring (bicyclic) bond motifs is 1. The van der Waals surface area contributed by atoms with Crippen LogP contribution < -0.4 is 5.32 Å². The SMILES string of the molecule is CSc1cccc(NC(=O)C2Cc3ccccc3S2)c1. The van der Waals surface area contributed by atoms with E-state index in [1.807, 2.05) is 42.7 Å². The highest BCUT2D eigenvalue weighted by molar-refractivity contribution is 8.01. The Balaban J connectivity index is 1.69. The fraction of sp³-hybridized carbons (Fsp3) is 0.188. The monoisotopic (exact) mass is 301 g/mol. The van der Waals surface area contributed by atoms with Crippen LogP contribution >= 0.6 is 23.5 Å². The largest absolute Gasteiger partial charge is 0.325 e. The van der Waals surface area contributed by atoms with E-state index < -0.39 is 0 Å². The Kier molecular flexibility index (Phi) is 4.03. The second-order valence-electron chi connectivity index (χ2n) is 4.64. The van der Waals surface area contributed by atoms with Gasteiger partial charge in [-0.2, -0.15) is 0 Å². The standard InChI is InChI=1S/C16H15NOS2/c1-19-13-7-4-6-12(10-13)17-16(18)15-9-11-5-2-3-8-14(11)20-15/h2-8,10,15H,9H2,1H3,(H,17,18). The maximum absolute atomic E-state index is 12.3. The molecule has 1 atom stereocenters. The molecule has 102 valence electrons. The first-order valence-electron chi connectivity index (χ1n) is 6.46. The molecular formula is C16H15NOS2. The van der Waals surface area contributed by atoms with Crippen LogP contribution in [0.4, 0.5) is 5.69 Å². The Morgan fingerprint density at radius 2 is 2.10 bits per heavy atom. The van der Waals surface area contributed by atoms with E-state index in [0.717, 1.165) is 17.0 Å². The number of hydrogen-bond donors (Lipinski definition) is 1. The van der Waals surface area contributed by atoms with Crippen LogP contribution in [0.25, 0.3) is 0 Å². The van der Waals surface area contributed by atoms with Crippen molar-refractivity contribution in [2.24, 2.45) is 0 Å². The second kappa shape index (κ2) is 5.94. The van der Waals surface area contributed by atoms with Crippen molar-refractivity contribution in [1.82, 2.24) is 0 Å². The van der Waals surface area contributed by atoms with Gasteiger partial charge in [0.15, 0.2) is 0 Å². The van der Waals surface area contributed by atoms with Crippen LogP contribution in [0.5, 0.6) is 0 Å². The van der Waals surface area contributed by atoms with Crippen molar-refractivity contribution in [2.75, 3.05) is 11.6 Å². The fourth-order valence-electron chi connectivity index (χ4n) is 2.25. The van der Waals surface area contributed by atoms with Crippen molar-refractivity contribution in [1.29, 1.82) is 0 Å². The van der Waals surface area contributed by atoms with E-state index in [4.69, 9.17) is 0 Å². The topological polar surface area (TPSA) is 29.1 Å². The van der Waals surface area contributed by atoms with Gasteiger partial charge in [-0.15, -0.1) is 23.5 Å². The van der Waals surface area contributed by atoms with Gasteiger partial charge in [0.25, 0.3) is 0 Å². The smallest absolute Gasteiger partial charge is 0.238 e. The predicted octanol–water partition coefficient (Wildman–Crippen LogP) is 4.06. The molecule has 0 saturated heterocycles. The lowest BCUT2D eigenvalue weighted by atomic mass is 10.1. The minimum absolute atomic E-state index is 0.0228.